The van der Waals surface area contributed by atoms with Crippen molar-refractivity contribution < 1.29 is 9.18 Å². The van der Waals surface area contributed by atoms with Crippen molar-refractivity contribution in [3.63, 3.8) is 0 Å². The third-order valence-electron chi connectivity index (χ3n) is 4.29. The van der Waals surface area contributed by atoms with Gasteiger partial charge in [0.2, 0.25) is 5.91 Å². The molecule has 0 atom stereocenters. The van der Waals surface area contributed by atoms with Gasteiger partial charge in [-0.15, -0.1) is 0 Å². The molecule has 1 amide bonds. The van der Waals surface area contributed by atoms with Gasteiger partial charge in [0.25, 0.3) is 0 Å². The average molecular weight is 439 g/mol. The first-order valence-electron chi connectivity index (χ1n) is 8.46. The molecule has 26 heavy (non-hydrogen) atoms. The minimum Gasteiger partial charge on any atom is -0.356 e. The lowest BCUT2D eigenvalue weighted by Crippen LogP contribution is -2.33. The molecule has 1 saturated heterocycles. The van der Waals surface area contributed by atoms with Crippen molar-refractivity contribution >= 4 is 45.1 Å². The number of carbonyl (C=O) groups excluding carboxylic acids is 1. The van der Waals surface area contributed by atoms with Crippen molar-refractivity contribution in [3.05, 3.63) is 40.9 Å². The number of hydrogen-bond donors (Lipinski definition) is 1. The van der Waals surface area contributed by atoms with Crippen LogP contribution in [0.5, 0.6) is 0 Å². The van der Waals surface area contributed by atoms with E-state index < -0.39 is 5.82 Å². The molecular weight excluding hydrogens is 419 g/mol. The van der Waals surface area contributed by atoms with Gasteiger partial charge in [0.1, 0.15) is 23.0 Å². The maximum Gasteiger partial charge on any atom is 0.234 e. The number of carbonyl (C=O) groups is 1. The third kappa shape index (κ3) is 5.17. The Balaban J connectivity index is 1.56. The van der Waals surface area contributed by atoms with E-state index in [2.05, 4.69) is 43.0 Å². The number of hydrogen-bond acceptors (Lipinski definition) is 5. The van der Waals surface area contributed by atoms with E-state index >= 15 is 0 Å². The Kier molecular flexibility index (Phi) is 6.48. The van der Waals surface area contributed by atoms with Crippen molar-refractivity contribution in [1.82, 2.24) is 9.97 Å². The summed E-state index contributed by atoms with van der Waals surface area (Å²) in [7, 11) is 0. The summed E-state index contributed by atoms with van der Waals surface area (Å²) in [6, 6.07) is 6.44. The second-order valence-electron chi connectivity index (χ2n) is 6.35. The van der Waals surface area contributed by atoms with Gasteiger partial charge in [-0.1, -0.05) is 34.6 Å². The van der Waals surface area contributed by atoms with Crippen molar-refractivity contribution in [2.45, 2.75) is 24.8 Å². The van der Waals surface area contributed by atoms with Crippen LogP contribution in [0.3, 0.4) is 0 Å². The lowest BCUT2D eigenvalue weighted by atomic mass is 9.99. The molecule has 1 aliphatic rings. The maximum absolute atomic E-state index is 13.8. The van der Waals surface area contributed by atoms with Crippen LogP contribution in [0.1, 0.15) is 19.8 Å². The Bertz CT molecular complexity index is 784. The molecule has 1 fully saturated rings. The Morgan fingerprint density at radius 2 is 2.12 bits per heavy atom. The molecule has 0 radical (unpaired) electrons. The van der Waals surface area contributed by atoms with E-state index in [0.29, 0.717) is 4.47 Å². The highest BCUT2D eigenvalue weighted by Crippen LogP contribution is 2.25. The summed E-state index contributed by atoms with van der Waals surface area (Å²) in [6.07, 6.45) is 3.85. The number of benzene rings is 1. The normalized spacial score (nSPS) is 15.1. The van der Waals surface area contributed by atoms with Gasteiger partial charge < -0.3 is 10.2 Å². The molecule has 1 aromatic carbocycles. The molecule has 1 aliphatic heterocycles. The van der Waals surface area contributed by atoms with Gasteiger partial charge >= 0.3 is 0 Å². The molecule has 2 aromatic rings. The summed E-state index contributed by atoms with van der Waals surface area (Å²) < 4.78 is 14.4. The number of piperidine rings is 1. The standard InChI is InChI=1S/C18H20BrFN4OS/c1-12-4-6-24(7-5-12)16-9-18(22-11-21-16)26-10-17(25)23-15-3-2-13(19)8-14(15)20/h2-3,8-9,11-12H,4-7,10H2,1H3,(H,23,25). The number of amides is 1. The molecular formula is C18H20BrFN4OS. The van der Waals surface area contributed by atoms with Crippen molar-refractivity contribution in [2.24, 2.45) is 5.92 Å². The molecule has 0 saturated carbocycles. The second kappa shape index (κ2) is 8.81. The van der Waals surface area contributed by atoms with Gasteiger partial charge in [0.05, 0.1) is 11.4 Å². The van der Waals surface area contributed by atoms with Crippen LogP contribution in [-0.2, 0) is 4.79 Å². The maximum atomic E-state index is 13.8. The van der Waals surface area contributed by atoms with Crippen LogP contribution in [0.25, 0.3) is 0 Å². The first-order chi connectivity index (χ1) is 12.5. The molecule has 138 valence electrons. The number of halogens is 2. The highest BCUT2D eigenvalue weighted by molar-refractivity contribution is 9.10. The summed E-state index contributed by atoms with van der Waals surface area (Å²) in [5.74, 6) is 1.06. The van der Waals surface area contributed by atoms with Crippen LogP contribution >= 0.6 is 27.7 Å². The van der Waals surface area contributed by atoms with E-state index in [-0.39, 0.29) is 17.3 Å². The summed E-state index contributed by atoms with van der Waals surface area (Å²) in [5.41, 5.74) is 0.171. The number of nitrogens with one attached hydrogen (secondary N) is 1. The van der Waals surface area contributed by atoms with Crippen molar-refractivity contribution in [1.29, 1.82) is 0 Å². The molecule has 1 aromatic heterocycles. The van der Waals surface area contributed by atoms with Gasteiger partial charge in [0.15, 0.2) is 0 Å². The van der Waals surface area contributed by atoms with Crippen LogP contribution in [0, 0.1) is 11.7 Å². The van der Waals surface area contributed by atoms with Crippen LogP contribution in [0.15, 0.2) is 40.1 Å². The van der Waals surface area contributed by atoms with E-state index in [1.165, 1.54) is 30.2 Å². The minimum absolute atomic E-state index is 0.156. The van der Waals surface area contributed by atoms with Crippen molar-refractivity contribution in [2.75, 3.05) is 29.1 Å². The predicted octanol–water partition coefficient (Wildman–Crippen LogP) is 4.35. The van der Waals surface area contributed by atoms with E-state index in [9.17, 15) is 9.18 Å². The number of thioether (sulfide) groups is 1. The monoisotopic (exact) mass is 438 g/mol. The molecule has 1 N–H and O–H groups in total. The number of nitrogens with zero attached hydrogens (tertiary/aromatic N) is 3. The number of rotatable bonds is 5. The molecule has 0 aliphatic carbocycles. The zero-order valence-electron chi connectivity index (χ0n) is 14.4. The topological polar surface area (TPSA) is 58.1 Å². The smallest absolute Gasteiger partial charge is 0.234 e. The zero-order chi connectivity index (χ0) is 18.5. The zero-order valence-corrected chi connectivity index (χ0v) is 16.8. The van der Waals surface area contributed by atoms with Gasteiger partial charge in [-0.2, -0.15) is 0 Å². The average Bonchev–Trinajstić information content (AvgIpc) is 2.63. The van der Waals surface area contributed by atoms with E-state index in [4.69, 9.17) is 0 Å². The molecule has 8 heteroatoms. The Labute approximate surface area is 164 Å². The quantitative estimate of drug-likeness (QED) is 0.555. The number of aromatic nitrogens is 2. The summed E-state index contributed by atoms with van der Waals surface area (Å²) in [6.45, 7) is 4.25. The van der Waals surface area contributed by atoms with Gasteiger partial charge in [-0.3, -0.25) is 4.79 Å². The SMILES string of the molecule is CC1CCN(c2cc(SCC(=O)Nc3ccc(Br)cc3F)ncn2)CC1. The van der Waals surface area contributed by atoms with Crippen LogP contribution in [0.2, 0.25) is 0 Å². The molecule has 0 unspecified atom stereocenters. The van der Waals surface area contributed by atoms with Gasteiger partial charge in [0, 0.05) is 23.6 Å². The predicted molar refractivity (Wildman–Crippen MR) is 106 cm³/mol. The first kappa shape index (κ1) is 19.1. The molecule has 0 bridgehead atoms. The summed E-state index contributed by atoms with van der Waals surface area (Å²) >= 11 is 4.51. The minimum atomic E-state index is -0.471. The first-order valence-corrected chi connectivity index (χ1v) is 10.2. The largest absolute Gasteiger partial charge is 0.356 e. The third-order valence-corrected chi connectivity index (χ3v) is 5.71. The van der Waals surface area contributed by atoms with E-state index in [1.807, 2.05) is 6.07 Å². The number of anilines is 2. The second-order valence-corrected chi connectivity index (χ2v) is 8.26. The van der Waals surface area contributed by atoms with E-state index in [0.717, 1.165) is 42.7 Å². The molecule has 3 rings (SSSR count). The van der Waals surface area contributed by atoms with Gasteiger partial charge in [-0.25, -0.2) is 14.4 Å². The van der Waals surface area contributed by atoms with Crippen LogP contribution in [-0.4, -0.2) is 34.7 Å². The summed E-state index contributed by atoms with van der Waals surface area (Å²) in [5, 5.41) is 3.32. The highest BCUT2D eigenvalue weighted by atomic mass is 79.9. The lowest BCUT2D eigenvalue weighted by molar-refractivity contribution is -0.113. The Morgan fingerprint density at radius 1 is 1.35 bits per heavy atom. The van der Waals surface area contributed by atoms with Crippen molar-refractivity contribution in [3.8, 4) is 0 Å². The molecule has 0 spiro atoms. The van der Waals surface area contributed by atoms with Crippen LogP contribution in [0.4, 0.5) is 15.9 Å². The lowest BCUT2D eigenvalue weighted by Gasteiger charge is -2.31. The van der Waals surface area contributed by atoms with Crippen LogP contribution < -0.4 is 10.2 Å². The highest BCUT2D eigenvalue weighted by Gasteiger charge is 2.17. The fourth-order valence-electron chi connectivity index (χ4n) is 2.74. The fourth-order valence-corrected chi connectivity index (χ4v) is 3.73. The Hall–Kier alpha value is -1.67. The Morgan fingerprint density at radius 3 is 2.85 bits per heavy atom. The summed E-state index contributed by atoms with van der Waals surface area (Å²) in [4.78, 5) is 22.9. The van der Waals surface area contributed by atoms with E-state index in [1.54, 1.807) is 6.07 Å². The molecule has 2 heterocycles. The molecule has 5 nitrogen and oxygen atoms in total. The fraction of sp³-hybridized carbons (Fsp3) is 0.389. The van der Waals surface area contributed by atoms with Gasteiger partial charge in [-0.05, 0) is 37.0 Å².